The van der Waals surface area contributed by atoms with Crippen LogP contribution in [0, 0.1) is 0 Å². The van der Waals surface area contributed by atoms with Gasteiger partial charge in [0.25, 0.3) is 11.5 Å². The number of aryl methyl sites for hydroxylation is 1. The Kier molecular flexibility index (Phi) is 5.50. The molecule has 1 fully saturated rings. The second kappa shape index (κ2) is 7.99. The Hall–Kier alpha value is -2.88. The molecule has 7 nitrogen and oxygen atoms in total. The summed E-state index contributed by atoms with van der Waals surface area (Å²) in [4.78, 5) is 32.6. The molecule has 166 valence electrons. The fraction of sp³-hybridized carbons (Fsp3) is 0.476. The Balaban J connectivity index is 1.70. The maximum atomic E-state index is 14.1. The SMILES string of the molecule is C[C@@]1(C(F)(F)F)C(=O)n2c(nc(N3CCOCC3)cc2=O)N1CCCc1ccccc1. The second-order valence-electron chi connectivity index (χ2n) is 7.80. The quantitative estimate of drug-likeness (QED) is 0.718. The predicted molar refractivity (Wildman–Crippen MR) is 109 cm³/mol. The Morgan fingerprint density at radius 1 is 1.13 bits per heavy atom. The fourth-order valence-electron chi connectivity index (χ4n) is 4.00. The van der Waals surface area contributed by atoms with Crippen molar-refractivity contribution in [2.45, 2.75) is 31.5 Å². The van der Waals surface area contributed by atoms with Crippen LogP contribution in [0.4, 0.5) is 24.9 Å². The Morgan fingerprint density at radius 3 is 2.45 bits per heavy atom. The average Bonchev–Trinajstić information content (AvgIpc) is 2.98. The van der Waals surface area contributed by atoms with E-state index in [1.807, 2.05) is 30.3 Å². The van der Waals surface area contributed by atoms with Crippen molar-refractivity contribution >= 4 is 17.7 Å². The highest BCUT2D eigenvalue weighted by atomic mass is 19.4. The lowest BCUT2D eigenvalue weighted by Crippen LogP contribution is -2.59. The molecule has 1 aromatic heterocycles. The molecule has 1 aromatic carbocycles. The molecular weight excluding hydrogens is 413 g/mol. The number of hydrogen-bond acceptors (Lipinski definition) is 6. The largest absolute Gasteiger partial charge is 0.420 e. The van der Waals surface area contributed by atoms with Gasteiger partial charge < -0.3 is 14.5 Å². The zero-order valence-electron chi connectivity index (χ0n) is 17.1. The molecule has 31 heavy (non-hydrogen) atoms. The monoisotopic (exact) mass is 436 g/mol. The van der Waals surface area contributed by atoms with Crippen LogP contribution in [-0.2, 0) is 11.2 Å². The van der Waals surface area contributed by atoms with Crippen LogP contribution in [0.1, 0.15) is 23.7 Å². The number of benzene rings is 1. The predicted octanol–water partition coefficient (Wildman–Crippen LogP) is 2.49. The molecule has 2 aliphatic heterocycles. The number of carbonyl (C=O) groups excluding carboxylic acids is 1. The van der Waals surface area contributed by atoms with Crippen molar-refractivity contribution in [2.75, 3.05) is 42.6 Å². The number of morpholine rings is 1. The number of fused-ring (bicyclic) bond motifs is 1. The molecule has 2 aliphatic rings. The van der Waals surface area contributed by atoms with Gasteiger partial charge in [-0.05, 0) is 25.3 Å². The van der Waals surface area contributed by atoms with Gasteiger partial charge >= 0.3 is 6.18 Å². The zero-order chi connectivity index (χ0) is 22.2. The van der Waals surface area contributed by atoms with E-state index in [4.69, 9.17) is 4.74 Å². The summed E-state index contributed by atoms with van der Waals surface area (Å²) in [5, 5.41) is 0. The number of alkyl halides is 3. The minimum Gasteiger partial charge on any atom is -0.378 e. The number of halogens is 3. The number of hydrogen-bond donors (Lipinski definition) is 0. The first-order valence-corrected chi connectivity index (χ1v) is 10.1. The van der Waals surface area contributed by atoms with E-state index in [-0.39, 0.29) is 18.3 Å². The van der Waals surface area contributed by atoms with E-state index in [2.05, 4.69) is 4.98 Å². The van der Waals surface area contributed by atoms with E-state index >= 15 is 0 Å². The van der Waals surface area contributed by atoms with Crippen LogP contribution in [0.15, 0.2) is 41.2 Å². The number of anilines is 2. The van der Waals surface area contributed by atoms with Crippen molar-refractivity contribution in [2.24, 2.45) is 0 Å². The minimum absolute atomic E-state index is 0.0738. The lowest BCUT2D eigenvalue weighted by atomic mass is 9.99. The van der Waals surface area contributed by atoms with Crippen molar-refractivity contribution in [1.29, 1.82) is 0 Å². The minimum atomic E-state index is -4.88. The molecule has 0 N–H and O–H groups in total. The first-order valence-electron chi connectivity index (χ1n) is 10.1. The van der Waals surface area contributed by atoms with Gasteiger partial charge in [0.15, 0.2) is 0 Å². The molecular formula is C21H23F3N4O3. The molecule has 4 rings (SSSR count). The van der Waals surface area contributed by atoms with E-state index in [9.17, 15) is 22.8 Å². The summed E-state index contributed by atoms with van der Waals surface area (Å²) in [5.74, 6) is -1.32. The first kappa shape index (κ1) is 21.4. The first-order chi connectivity index (χ1) is 14.7. The molecule has 0 amide bonds. The maximum Gasteiger partial charge on any atom is 0.420 e. The summed E-state index contributed by atoms with van der Waals surface area (Å²) in [6.07, 6.45) is -3.98. The highest BCUT2D eigenvalue weighted by Crippen LogP contribution is 2.43. The number of ether oxygens (including phenoxy) is 1. The third-order valence-electron chi connectivity index (χ3n) is 5.87. The molecule has 2 aromatic rings. The van der Waals surface area contributed by atoms with Gasteiger partial charge in [-0.15, -0.1) is 0 Å². The van der Waals surface area contributed by atoms with Gasteiger partial charge in [0.2, 0.25) is 11.5 Å². The summed E-state index contributed by atoms with van der Waals surface area (Å²) in [6, 6.07) is 10.5. The smallest absolute Gasteiger partial charge is 0.378 e. The summed E-state index contributed by atoms with van der Waals surface area (Å²) >= 11 is 0. The molecule has 0 unspecified atom stereocenters. The summed E-state index contributed by atoms with van der Waals surface area (Å²) in [7, 11) is 0. The van der Waals surface area contributed by atoms with Crippen molar-refractivity contribution in [1.82, 2.24) is 9.55 Å². The van der Waals surface area contributed by atoms with Gasteiger partial charge in [-0.1, -0.05) is 30.3 Å². The lowest BCUT2D eigenvalue weighted by molar-refractivity contribution is -0.166. The third kappa shape index (κ3) is 3.69. The van der Waals surface area contributed by atoms with E-state index in [1.165, 1.54) is 0 Å². The molecule has 0 spiro atoms. The van der Waals surface area contributed by atoms with Crippen LogP contribution in [0.2, 0.25) is 0 Å². The van der Waals surface area contributed by atoms with Crippen LogP contribution < -0.4 is 15.4 Å². The number of nitrogens with zero attached hydrogens (tertiary/aromatic N) is 4. The zero-order valence-corrected chi connectivity index (χ0v) is 17.1. The number of aromatic nitrogens is 2. The fourth-order valence-corrected chi connectivity index (χ4v) is 4.00. The van der Waals surface area contributed by atoms with Gasteiger partial charge in [0.05, 0.1) is 13.2 Å². The summed E-state index contributed by atoms with van der Waals surface area (Å²) in [5.41, 5.74) is -2.68. The summed E-state index contributed by atoms with van der Waals surface area (Å²) in [6.45, 7) is 2.54. The van der Waals surface area contributed by atoms with E-state index in [1.54, 1.807) is 4.90 Å². The van der Waals surface area contributed by atoms with Crippen molar-refractivity contribution in [3.8, 4) is 0 Å². The van der Waals surface area contributed by atoms with Gasteiger partial charge in [-0.3, -0.25) is 9.59 Å². The Bertz CT molecular complexity index is 1020. The molecule has 10 heteroatoms. The molecule has 3 heterocycles. The summed E-state index contributed by atoms with van der Waals surface area (Å²) < 4.78 is 48.2. The molecule has 1 atom stereocenters. The van der Waals surface area contributed by atoms with Gasteiger partial charge in [0.1, 0.15) is 5.82 Å². The van der Waals surface area contributed by atoms with Gasteiger partial charge in [0, 0.05) is 25.7 Å². The van der Waals surface area contributed by atoms with Crippen LogP contribution >= 0.6 is 0 Å². The van der Waals surface area contributed by atoms with Crippen molar-refractivity contribution in [3.05, 3.63) is 52.3 Å². The van der Waals surface area contributed by atoms with E-state index in [0.29, 0.717) is 43.7 Å². The standard InChI is InChI=1S/C21H23F3N4O3/c1-20(21(22,23)24)18(30)28-17(29)14-16(26-10-12-31-13-11-26)25-19(28)27(20)9-5-8-15-6-3-2-4-7-15/h2-4,6-7,14H,5,8-13H2,1H3/t20-/m0/s1. The van der Waals surface area contributed by atoms with E-state index in [0.717, 1.165) is 23.5 Å². The molecule has 0 saturated carbocycles. The third-order valence-corrected chi connectivity index (χ3v) is 5.87. The van der Waals surface area contributed by atoms with Gasteiger partial charge in [-0.2, -0.15) is 18.2 Å². The highest BCUT2D eigenvalue weighted by Gasteiger charge is 2.65. The Labute approximate surface area is 177 Å². The van der Waals surface area contributed by atoms with Crippen LogP contribution in [0.25, 0.3) is 0 Å². The maximum absolute atomic E-state index is 14.1. The normalized spacial score (nSPS) is 21.5. The molecule has 0 bridgehead atoms. The topological polar surface area (TPSA) is 67.7 Å². The van der Waals surface area contributed by atoms with Crippen LogP contribution in [0.5, 0.6) is 0 Å². The van der Waals surface area contributed by atoms with Gasteiger partial charge in [-0.25, -0.2) is 4.57 Å². The molecule has 0 aliphatic carbocycles. The molecule has 1 saturated heterocycles. The van der Waals surface area contributed by atoms with Crippen molar-refractivity contribution in [3.63, 3.8) is 0 Å². The number of rotatable bonds is 5. The average molecular weight is 436 g/mol. The second-order valence-corrected chi connectivity index (χ2v) is 7.80. The van der Waals surface area contributed by atoms with Crippen LogP contribution in [0.3, 0.4) is 0 Å². The molecule has 0 radical (unpaired) electrons. The van der Waals surface area contributed by atoms with Crippen molar-refractivity contribution < 1.29 is 22.7 Å². The van der Waals surface area contributed by atoms with E-state index < -0.39 is 23.2 Å². The Morgan fingerprint density at radius 2 is 1.81 bits per heavy atom. The number of carbonyl (C=O) groups is 1. The lowest BCUT2D eigenvalue weighted by Gasteiger charge is -2.35. The highest BCUT2D eigenvalue weighted by molar-refractivity contribution is 5.98. The van der Waals surface area contributed by atoms with Crippen LogP contribution in [-0.4, -0.2) is 60.0 Å².